The minimum absolute atomic E-state index is 0.0312. The van der Waals surface area contributed by atoms with Crippen LogP contribution in [0.4, 0.5) is 0 Å². The Balaban J connectivity index is 3.03. The van der Waals surface area contributed by atoms with Crippen LogP contribution in [0.15, 0.2) is 48.0 Å². The van der Waals surface area contributed by atoms with Crippen LogP contribution in [0.1, 0.15) is 10.4 Å². The van der Waals surface area contributed by atoms with Gasteiger partial charge in [0.1, 0.15) is 5.75 Å². The molecule has 0 aliphatic carbocycles. The molecule has 1 aromatic rings. The van der Waals surface area contributed by atoms with Gasteiger partial charge in [0, 0.05) is 17.6 Å². The molecule has 1 N–H and O–H groups in total. The minimum atomic E-state index is -0.247. The Hall–Kier alpha value is -1.55. The number of carbonyl (C=O) groups is 1. The lowest BCUT2D eigenvalue weighted by atomic mass is 10.1. The van der Waals surface area contributed by atoms with Crippen LogP contribution in [0.2, 0.25) is 0 Å². The van der Waals surface area contributed by atoms with Gasteiger partial charge >= 0.3 is 0 Å². The number of rotatable bonds is 5. The van der Waals surface area contributed by atoms with Crippen LogP contribution < -0.4 is 0 Å². The zero-order valence-electron chi connectivity index (χ0n) is 9.40. The summed E-state index contributed by atoms with van der Waals surface area (Å²) in [7, 11) is 0. The molecule has 0 aliphatic rings. The van der Waals surface area contributed by atoms with Crippen molar-refractivity contribution >= 4 is 21.8 Å². The SMILES string of the molecule is C=CCN(CC=C)C(=O)c1cc(Br)ccc1O. The lowest BCUT2D eigenvalue weighted by molar-refractivity contribution is 0.0788. The average Bonchev–Trinajstić information content (AvgIpc) is 2.31. The minimum Gasteiger partial charge on any atom is -0.507 e. The molecular formula is C13H14BrNO2. The summed E-state index contributed by atoms with van der Waals surface area (Å²) in [6.07, 6.45) is 3.27. The van der Waals surface area contributed by atoms with E-state index < -0.39 is 0 Å². The van der Waals surface area contributed by atoms with E-state index in [1.807, 2.05) is 0 Å². The molecule has 0 bridgehead atoms. The van der Waals surface area contributed by atoms with E-state index in [0.717, 1.165) is 4.47 Å². The Bertz CT molecular complexity index is 433. The fourth-order valence-electron chi connectivity index (χ4n) is 1.40. The van der Waals surface area contributed by atoms with Crippen LogP contribution in [0.5, 0.6) is 5.75 Å². The lowest BCUT2D eigenvalue weighted by Gasteiger charge is -2.19. The number of benzene rings is 1. The van der Waals surface area contributed by atoms with E-state index in [-0.39, 0.29) is 17.2 Å². The van der Waals surface area contributed by atoms with E-state index in [1.165, 1.54) is 6.07 Å². The molecule has 0 aromatic heterocycles. The summed E-state index contributed by atoms with van der Waals surface area (Å²) >= 11 is 3.27. The number of hydrogen-bond acceptors (Lipinski definition) is 2. The molecular weight excluding hydrogens is 282 g/mol. The summed E-state index contributed by atoms with van der Waals surface area (Å²) in [6, 6.07) is 4.76. The van der Waals surface area contributed by atoms with Gasteiger partial charge in [-0.1, -0.05) is 28.1 Å². The molecule has 0 saturated carbocycles. The second-order valence-corrected chi connectivity index (χ2v) is 4.36. The van der Waals surface area contributed by atoms with Crippen molar-refractivity contribution in [2.75, 3.05) is 13.1 Å². The number of hydrogen-bond donors (Lipinski definition) is 1. The van der Waals surface area contributed by atoms with Gasteiger partial charge in [0.25, 0.3) is 5.91 Å². The monoisotopic (exact) mass is 295 g/mol. The zero-order chi connectivity index (χ0) is 12.8. The van der Waals surface area contributed by atoms with Crippen molar-refractivity contribution in [1.82, 2.24) is 4.90 Å². The van der Waals surface area contributed by atoms with Gasteiger partial charge in [-0.05, 0) is 18.2 Å². The van der Waals surface area contributed by atoms with Gasteiger partial charge in [0.15, 0.2) is 0 Å². The Kier molecular flexibility index (Phi) is 4.97. The second kappa shape index (κ2) is 6.25. The highest BCUT2D eigenvalue weighted by atomic mass is 79.9. The van der Waals surface area contributed by atoms with Crippen molar-refractivity contribution < 1.29 is 9.90 Å². The number of aromatic hydroxyl groups is 1. The van der Waals surface area contributed by atoms with Crippen molar-refractivity contribution in [3.63, 3.8) is 0 Å². The second-order valence-electron chi connectivity index (χ2n) is 3.45. The van der Waals surface area contributed by atoms with Gasteiger partial charge in [0.05, 0.1) is 5.56 Å². The highest BCUT2D eigenvalue weighted by Gasteiger charge is 2.17. The highest BCUT2D eigenvalue weighted by Crippen LogP contribution is 2.23. The van der Waals surface area contributed by atoms with E-state index in [1.54, 1.807) is 29.2 Å². The standard InChI is InChI=1S/C13H14BrNO2/c1-3-7-15(8-4-2)13(17)11-9-10(14)5-6-12(11)16/h3-6,9,16H,1-2,7-8H2. The molecule has 0 radical (unpaired) electrons. The molecule has 4 heteroatoms. The average molecular weight is 296 g/mol. The Labute approximate surface area is 109 Å². The van der Waals surface area contributed by atoms with Crippen molar-refractivity contribution in [2.45, 2.75) is 0 Å². The fourth-order valence-corrected chi connectivity index (χ4v) is 1.76. The first-order chi connectivity index (χ1) is 8.10. The third-order valence-electron chi connectivity index (χ3n) is 2.18. The molecule has 0 heterocycles. The molecule has 17 heavy (non-hydrogen) atoms. The predicted octanol–water partition coefficient (Wildman–Crippen LogP) is 2.97. The third kappa shape index (κ3) is 3.46. The normalized spacial score (nSPS) is 9.71. The smallest absolute Gasteiger partial charge is 0.258 e. The number of amides is 1. The largest absolute Gasteiger partial charge is 0.507 e. The first kappa shape index (κ1) is 13.5. The molecule has 0 saturated heterocycles. The number of phenols is 1. The van der Waals surface area contributed by atoms with E-state index in [2.05, 4.69) is 29.1 Å². The number of halogens is 1. The van der Waals surface area contributed by atoms with Gasteiger partial charge in [-0.3, -0.25) is 4.79 Å². The van der Waals surface area contributed by atoms with E-state index in [0.29, 0.717) is 13.1 Å². The van der Waals surface area contributed by atoms with E-state index >= 15 is 0 Å². The lowest BCUT2D eigenvalue weighted by Crippen LogP contribution is -2.31. The number of nitrogens with zero attached hydrogens (tertiary/aromatic N) is 1. The van der Waals surface area contributed by atoms with Gasteiger partial charge in [-0.25, -0.2) is 0 Å². The van der Waals surface area contributed by atoms with Crippen LogP contribution >= 0.6 is 15.9 Å². The molecule has 1 amide bonds. The van der Waals surface area contributed by atoms with Gasteiger partial charge < -0.3 is 10.0 Å². The maximum atomic E-state index is 12.1. The molecule has 0 spiro atoms. The molecule has 1 aromatic carbocycles. The van der Waals surface area contributed by atoms with Crippen LogP contribution in [0, 0.1) is 0 Å². The first-order valence-corrected chi connectivity index (χ1v) is 5.89. The van der Waals surface area contributed by atoms with Crippen molar-refractivity contribution in [2.24, 2.45) is 0 Å². The summed E-state index contributed by atoms with van der Waals surface area (Å²) in [5, 5.41) is 9.67. The summed E-state index contributed by atoms with van der Waals surface area (Å²) in [4.78, 5) is 13.7. The zero-order valence-corrected chi connectivity index (χ0v) is 11.0. The maximum Gasteiger partial charge on any atom is 0.258 e. The van der Waals surface area contributed by atoms with Crippen molar-refractivity contribution in [3.8, 4) is 5.75 Å². The number of phenolic OH excluding ortho intramolecular Hbond substituents is 1. The molecule has 0 fully saturated rings. The van der Waals surface area contributed by atoms with E-state index in [4.69, 9.17) is 0 Å². The fraction of sp³-hybridized carbons (Fsp3) is 0.154. The topological polar surface area (TPSA) is 40.5 Å². The molecule has 90 valence electrons. The maximum absolute atomic E-state index is 12.1. The van der Waals surface area contributed by atoms with Crippen LogP contribution in [0.3, 0.4) is 0 Å². The molecule has 0 aliphatic heterocycles. The molecule has 0 unspecified atom stereocenters. The Morgan fingerprint density at radius 2 is 1.94 bits per heavy atom. The van der Waals surface area contributed by atoms with Crippen LogP contribution in [-0.4, -0.2) is 29.0 Å². The summed E-state index contributed by atoms with van der Waals surface area (Å²) in [5.41, 5.74) is 0.267. The summed E-state index contributed by atoms with van der Waals surface area (Å²) in [5.74, 6) is -0.278. The molecule has 0 atom stereocenters. The third-order valence-corrected chi connectivity index (χ3v) is 2.67. The van der Waals surface area contributed by atoms with Gasteiger partial charge in [-0.15, -0.1) is 13.2 Å². The molecule has 3 nitrogen and oxygen atoms in total. The highest BCUT2D eigenvalue weighted by molar-refractivity contribution is 9.10. The Morgan fingerprint density at radius 3 is 2.47 bits per heavy atom. The van der Waals surface area contributed by atoms with Crippen LogP contribution in [0.25, 0.3) is 0 Å². The summed E-state index contributed by atoms with van der Waals surface area (Å²) in [6.45, 7) is 8.02. The van der Waals surface area contributed by atoms with E-state index in [9.17, 15) is 9.90 Å². The van der Waals surface area contributed by atoms with Gasteiger partial charge in [-0.2, -0.15) is 0 Å². The number of carbonyl (C=O) groups excluding carboxylic acids is 1. The summed E-state index contributed by atoms with van der Waals surface area (Å²) < 4.78 is 0.746. The van der Waals surface area contributed by atoms with Crippen LogP contribution in [-0.2, 0) is 0 Å². The van der Waals surface area contributed by atoms with Crippen molar-refractivity contribution in [3.05, 3.63) is 53.5 Å². The quantitative estimate of drug-likeness (QED) is 0.849. The first-order valence-electron chi connectivity index (χ1n) is 5.09. The van der Waals surface area contributed by atoms with Crippen molar-refractivity contribution in [1.29, 1.82) is 0 Å². The van der Waals surface area contributed by atoms with Gasteiger partial charge in [0.2, 0.25) is 0 Å². The molecule has 1 rings (SSSR count). The Morgan fingerprint density at radius 1 is 1.35 bits per heavy atom. The predicted molar refractivity (Wildman–Crippen MR) is 72.1 cm³/mol.